The molecule has 2 aliphatic heterocycles. The molecule has 2 aliphatic rings. The molecule has 2 atom stereocenters. The van der Waals surface area contributed by atoms with E-state index in [9.17, 15) is 18.0 Å². The molecule has 30 heavy (non-hydrogen) atoms. The van der Waals surface area contributed by atoms with Crippen LogP contribution in [0.5, 0.6) is 0 Å². The van der Waals surface area contributed by atoms with Crippen LogP contribution >= 0.6 is 11.6 Å². The number of halogens is 4. The van der Waals surface area contributed by atoms with Gasteiger partial charge in [0.05, 0.1) is 10.6 Å². The van der Waals surface area contributed by atoms with Gasteiger partial charge in [-0.2, -0.15) is 13.2 Å². The number of pyridine rings is 1. The molecule has 4 rings (SSSR count). The predicted octanol–water partition coefficient (Wildman–Crippen LogP) is 3.01. The van der Waals surface area contributed by atoms with Crippen molar-refractivity contribution in [1.29, 1.82) is 0 Å². The standard InChI is InChI=1S/C20H21ClF3N5O/c21-15-10-14(20(22,23)24)12-25-18(15)28-6-8-29(9-7-28)19(30)17-11-16(26-27-17)13-4-2-1-3-5-13/h1-5,10,12,16-17,26-27H,6-9,11H2. The number of hydrogen-bond acceptors (Lipinski definition) is 5. The number of carbonyl (C=O) groups excluding carboxylic acids is 1. The maximum Gasteiger partial charge on any atom is 0.417 e. The molecule has 2 saturated heterocycles. The normalized spacial score (nSPS) is 22.4. The Morgan fingerprint density at radius 1 is 1.10 bits per heavy atom. The molecule has 1 amide bonds. The van der Waals surface area contributed by atoms with Gasteiger partial charge in [0.25, 0.3) is 0 Å². The van der Waals surface area contributed by atoms with Gasteiger partial charge in [0.1, 0.15) is 11.9 Å². The zero-order chi connectivity index (χ0) is 21.3. The molecule has 0 bridgehead atoms. The highest BCUT2D eigenvalue weighted by atomic mass is 35.5. The molecule has 1 aromatic carbocycles. The number of alkyl halides is 3. The number of carbonyl (C=O) groups is 1. The Hall–Kier alpha value is -2.36. The third kappa shape index (κ3) is 4.38. The molecule has 3 heterocycles. The molecule has 2 unspecified atom stereocenters. The Bertz CT molecular complexity index is 903. The first-order chi connectivity index (χ1) is 14.3. The van der Waals surface area contributed by atoms with E-state index in [4.69, 9.17) is 11.6 Å². The number of amides is 1. The molecule has 6 nitrogen and oxygen atoms in total. The van der Waals surface area contributed by atoms with E-state index in [0.717, 1.165) is 17.8 Å². The van der Waals surface area contributed by atoms with E-state index >= 15 is 0 Å². The van der Waals surface area contributed by atoms with Crippen molar-refractivity contribution in [2.75, 3.05) is 31.1 Å². The predicted molar refractivity (Wildman–Crippen MR) is 107 cm³/mol. The summed E-state index contributed by atoms with van der Waals surface area (Å²) in [6.45, 7) is 1.80. The first-order valence-electron chi connectivity index (χ1n) is 9.65. The number of nitrogens with zero attached hydrogens (tertiary/aromatic N) is 3. The molecular weight excluding hydrogens is 419 g/mol. The minimum atomic E-state index is -4.49. The maximum absolute atomic E-state index is 12.9. The number of rotatable bonds is 3. The molecule has 2 fully saturated rings. The van der Waals surface area contributed by atoms with E-state index in [-0.39, 0.29) is 23.0 Å². The number of nitrogens with one attached hydrogen (secondary N) is 2. The van der Waals surface area contributed by atoms with Crippen molar-refractivity contribution in [1.82, 2.24) is 20.7 Å². The van der Waals surface area contributed by atoms with Crippen molar-refractivity contribution >= 4 is 23.3 Å². The Morgan fingerprint density at radius 2 is 1.80 bits per heavy atom. The summed E-state index contributed by atoms with van der Waals surface area (Å²) in [5, 5.41) is -0.0445. The summed E-state index contributed by atoms with van der Waals surface area (Å²) in [5.74, 6) is 0.314. The molecule has 0 radical (unpaired) electrons. The molecule has 0 saturated carbocycles. The van der Waals surface area contributed by atoms with Crippen LogP contribution in [0.4, 0.5) is 19.0 Å². The minimum absolute atomic E-state index is 0.00653. The second-order valence-electron chi connectivity index (χ2n) is 7.38. The summed E-state index contributed by atoms with van der Waals surface area (Å²) in [6, 6.07) is 10.5. The molecule has 2 aromatic rings. The van der Waals surface area contributed by atoms with E-state index in [0.29, 0.717) is 38.4 Å². The summed E-state index contributed by atoms with van der Waals surface area (Å²) >= 11 is 6.04. The van der Waals surface area contributed by atoms with Gasteiger partial charge in [-0.15, -0.1) is 0 Å². The van der Waals surface area contributed by atoms with Crippen molar-refractivity contribution in [3.63, 3.8) is 0 Å². The van der Waals surface area contributed by atoms with Crippen LogP contribution < -0.4 is 15.8 Å². The van der Waals surface area contributed by atoms with Gasteiger partial charge in [-0.25, -0.2) is 15.8 Å². The van der Waals surface area contributed by atoms with Crippen molar-refractivity contribution in [2.45, 2.75) is 24.7 Å². The van der Waals surface area contributed by atoms with Crippen LogP contribution in [0, 0.1) is 0 Å². The van der Waals surface area contributed by atoms with Crippen LogP contribution in [-0.2, 0) is 11.0 Å². The van der Waals surface area contributed by atoms with E-state index in [1.807, 2.05) is 30.3 Å². The van der Waals surface area contributed by atoms with Gasteiger partial charge in [0, 0.05) is 38.4 Å². The van der Waals surface area contributed by atoms with Gasteiger partial charge in [-0.05, 0) is 18.1 Å². The highest BCUT2D eigenvalue weighted by molar-refractivity contribution is 6.33. The lowest BCUT2D eigenvalue weighted by atomic mass is 10.0. The Kier molecular flexibility index (Phi) is 5.86. The fraction of sp³-hybridized carbons (Fsp3) is 0.400. The average molecular weight is 440 g/mol. The Labute approximate surface area is 177 Å². The van der Waals surface area contributed by atoms with Crippen molar-refractivity contribution in [3.05, 3.63) is 58.7 Å². The van der Waals surface area contributed by atoms with E-state index in [2.05, 4.69) is 15.8 Å². The Balaban J connectivity index is 1.34. The first-order valence-corrected chi connectivity index (χ1v) is 10.0. The quantitative estimate of drug-likeness (QED) is 0.770. The smallest absolute Gasteiger partial charge is 0.352 e. The number of hydrogen-bond donors (Lipinski definition) is 2. The van der Waals surface area contributed by atoms with Gasteiger partial charge in [-0.3, -0.25) is 4.79 Å². The Morgan fingerprint density at radius 3 is 2.43 bits per heavy atom. The molecule has 160 valence electrons. The summed E-state index contributed by atoms with van der Waals surface area (Å²) < 4.78 is 38.4. The fourth-order valence-electron chi connectivity index (χ4n) is 3.80. The lowest BCUT2D eigenvalue weighted by Gasteiger charge is -2.36. The van der Waals surface area contributed by atoms with E-state index in [1.54, 1.807) is 9.80 Å². The maximum atomic E-state index is 12.9. The molecule has 2 N–H and O–H groups in total. The van der Waals surface area contributed by atoms with Gasteiger partial charge in [0.15, 0.2) is 0 Å². The zero-order valence-electron chi connectivity index (χ0n) is 16.0. The number of benzene rings is 1. The second kappa shape index (κ2) is 8.41. The van der Waals surface area contributed by atoms with E-state index < -0.39 is 11.7 Å². The SMILES string of the molecule is O=C(C1CC(c2ccccc2)NN1)N1CCN(c2ncc(C(F)(F)F)cc2Cl)CC1. The molecular formula is C20H21ClF3N5O. The topological polar surface area (TPSA) is 60.5 Å². The van der Waals surface area contributed by atoms with Crippen LogP contribution in [0.15, 0.2) is 42.6 Å². The molecule has 0 aliphatic carbocycles. The summed E-state index contributed by atoms with van der Waals surface area (Å²) in [4.78, 5) is 20.4. The second-order valence-corrected chi connectivity index (χ2v) is 7.79. The number of hydrazine groups is 1. The minimum Gasteiger partial charge on any atom is -0.352 e. The third-order valence-corrected chi connectivity index (χ3v) is 5.72. The fourth-order valence-corrected chi connectivity index (χ4v) is 4.09. The first kappa shape index (κ1) is 20.9. The zero-order valence-corrected chi connectivity index (χ0v) is 16.7. The third-order valence-electron chi connectivity index (χ3n) is 5.44. The number of piperazine rings is 1. The van der Waals surface area contributed by atoms with Crippen LogP contribution in [0.2, 0.25) is 5.02 Å². The van der Waals surface area contributed by atoms with Crippen molar-refractivity contribution < 1.29 is 18.0 Å². The molecule has 0 spiro atoms. The van der Waals surface area contributed by atoms with Crippen LogP contribution in [-0.4, -0.2) is 48.0 Å². The summed E-state index contributed by atoms with van der Waals surface area (Å²) in [7, 11) is 0. The lowest BCUT2D eigenvalue weighted by Crippen LogP contribution is -2.54. The molecule has 10 heteroatoms. The summed E-state index contributed by atoms with van der Waals surface area (Å²) in [5.41, 5.74) is 6.50. The number of anilines is 1. The van der Waals surface area contributed by atoms with Gasteiger partial charge < -0.3 is 9.80 Å². The van der Waals surface area contributed by atoms with Gasteiger partial charge >= 0.3 is 6.18 Å². The van der Waals surface area contributed by atoms with Gasteiger partial charge in [-0.1, -0.05) is 41.9 Å². The highest BCUT2D eigenvalue weighted by Gasteiger charge is 2.35. The van der Waals surface area contributed by atoms with Gasteiger partial charge in [0.2, 0.25) is 5.91 Å². The lowest BCUT2D eigenvalue weighted by molar-refractivity contribution is -0.138. The largest absolute Gasteiger partial charge is 0.417 e. The van der Waals surface area contributed by atoms with Crippen LogP contribution in [0.25, 0.3) is 0 Å². The van der Waals surface area contributed by atoms with Crippen molar-refractivity contribution in [3.8, 4) is 0 Å². The van der Waals surface area contributed by atoms with Crippen LogP contribution in [0.1, 0.15) is 23.6 Å². The van der Waals surface area contributed by atoms with E-state index in [1.165, 1.54) is 0 Å². The average Bonchev–Trinajstić information content (AvgIpc) is 3.24. The summed E-state index contributed by atoms with van der Waals surface area (Å²) in [6.07, 6.45) is -3.05. The number of aromatic nitrogens is 1. The highest BCUT2D eigenvalue weighted by Crippen LogP contribution is 2.34. The molecule has 1 aromatic heterocycles. The van der Waals surface area contributed by atoms with Crippen molar-refractivity contribution in [2.24, 2.45) is 0 Å². The monoisotopic (exact) mass is 439 g/mol. The van der Waals surface area contributed by atoms with Crippen LogP contribution in [0.3, 0.4) is 0 Å².